The Labute approximate surface area is 87.1 Å². The first-order valence-corrected chi connectivity index (χ1v) is 5.25. The Morgan fingerprint density at radius 3 is 2.50 bits per heavy atom. The molecule has 0 saturated carbocycles. The smallest absolute Gasteiger partial charge is 0.0658 e. The standard InChI is InChI=1S/C9H16N2O.C2H6/c1-8(2)9-6-10-11(7-9)4-5-12-3;1-2/h6-8H,4-5H2,1-3H3;1-2H3. The van der Waals surface area contributed by atoms with Gasteiger partial charge in [0.2, 0.25) is 0 Å². The molecule has 0 radical (unpaired) electrons. The maximum absolute atomic E-state index is 4.95. The second kappa shape index (κ2) is 7.56. The molecule has 0 bridgehead atoms. The van der Waals surface area contributed by atoms with Gasteiger partial charge >= 0.3 is 0 Å². The lowest BCUT2D eigenvalue weighted by Gasteiger charge is -1.99. The fourth-order valence-corrected chi connectivity index (χ4v) is 0.985. The minimum absolute atomic E-state index is 0.557. The molecule has 1 rings (SSSR count). The van der Waals surface area contributed by atoms with Gasteiger partial charge in [0.05, 0.1) is 19.3 Å². The van der Waals surface area contributed by atoms with Crippen molar-refractivity contribution in [2.24, 2.45) is 0 Å². The predicted octanol–water partition coefficient (Wildman–Crippen LogP) is 2.68. The SMILES string of the molecule is CC.COCCn1cc(C(C)C)cn1. The van der Waals surface area contributed by atoms with E-state index in [0.717, 1.165) is 13.2 Å². The van der Waals surface area contributed by atoms with Crippen LogP contribution in [0.3, 0.4) is 0 Å². The normalized spacial score (nSPS) is 9.86. The van der Waals surface area contributed by atoms with Crippen molar-refractivity contribution in [2.75, 3.05) is 13.7 Å². The molecule has 0 atom stereocenters. The van der Waals surface area contributed by atoms with Crippen molar-refractivity contribution >= 4 is 0 Å². The van der Waals surface area contributed by atoms with E-state index in [0.29, 0.717) is 5.92 Å². The highest BCUT2D eigenvalue weighted by Crippen LogP contribution is 2.11. The van der Waals surface area contributed by atoms with Crippen molar-refractivity contribution < 1.29 is 4.74 Å². The Hall–Kier alpha value is -0.830. The highest BCUT2D eigenvalue weighted by atomic mass is 16.5. The van der Waals surface area contributed by atoms with E-state index in [4.69, 9.17) is 4.74 Å². The fourth-order valence-electron chi connectivity index (χ4n) is 0.985. The van der Waals surface area contributed by atoms with Crippen LogP contribution in [0.2, 0.25) is 0 Å². The number of ether oxygens (including phenoxy) is 1. The molecule has 0 amide bonds. The van der Waals surface area contributed by atoms with E-state index in [-0.39, 0.29) is 0 Å². The van der Waals surface area contributed by atoms with E-state index in [1.807, 2.05) is 24.7 Å². The Balaban J connectivity index is 0.000000791. The van der Waals surface area contributed by atoms with Crippen molar-refractivity contribution in [3.8, 4) is 0 Å². The summed E-state index contributed by atoms with van der Waals surface area (Å²) >= 11 is 0. The third-order valence-corrected chi connectivity index (χ3v) is 1.84. The Morgan fingerprint density at radius 2 is 2.07 bits per heavy atom. The second-order valence-corrected chi connectivity index (χ2v) is 3.18. The lowest BCUT2D eigenvalue weighted by atomic mass is 10.1. The maximum atomic E-state index is 4.95. The quantitative estimate of drug-likeness (QED) is 0.743. The molecule has 3 nitrogen and oxygen atoms in total. The molecule has 0 aliphatic rings. The van der Waals surface area contributed by atoms with Crippen molar-refractivity contribution in [1.29, 1.82) is 0 Å². The largest absolute Gasteiger partial charge is 0.383 e. The summed E-state index contributed by atoms with van der Waals surface area (Å²) in [7, 11) is 1.70. The number of nitrogens with zero attached hydrogens (tertiary/aromatic N) is 2. The average molecular weight is 198 g/mol. The number of rotatable bonds is 4. The molecule has 0 aromatic carbocycles. The highest BCUT2D eigenvalue weighted by Gasteiger charge is 2.01. The molecule has 1 heterocycles. The van der Waals surface area contributed by atoms with Gasteiger partial charge in [-0.15, -0.1) is 0 Å². The highest BCUT2D eigenvalue weighted by molar-refractivity contribution is 5.08. The predicted molar refractivity (Wildman–Crippen MR) is 59.5 cm³/mol. The molecule has 3 heteroatoms. The van der Waals surface area contributed by atoms with Crippen LogP contribution in [0.15, 0.2) is 12.4 Å². The van der Waals surface area contributed by atoms with Crippen LogP contribution in [0.5, 0.6) is 0 Å². The Morgan fingerprint density at radius 1 is 1.43 bits per heavy atom. The molecule has 0 fully saturated rings. The first kappa shape index (κ1) is 13.2. The van der Waals surface area contributed by atoms with Crippen LogP contribution in [0.25, 0.3) is 0 Å². The van der Waals surface area contributed by atoms with Crippen molar-refractivity contribution in [2.45, 2.75) is 40.2 Å². The van der Waals surface area contributed by atoms with E-state index < -0.39 is 0 Å². The summed E-state index contributed by atoms with van der Waals surface area (Å²) in [6.45, 7) is 9.89. The molecule has 0 aliphatic heterocycles. The monoisotopic (exact) mass is 198 g/mol. The van der Waals surface area contributed by atoms with E-state index in [2.05, 4.69) is 25.1 Å². The van der Waals surface area contributed by atoms with Gasteiger partial charge in [0.25, 0.3) is 0 Å². The van der Waals surface area contributed by atoms with Crippen LogP contribution < -0.4 is 0 Å². The van der Waals surface area contributed by atoms with Crippen molar-refractivity contribution in [1.82, 2.24) is 9.78 Å². The molecule has 0 aliphatic carbocycles. The van der Waals surface area contributed by atoms with Crippen molar-refractivity contribution in [3.63, 3.8) is 0 Å². The molecule has 0 N–H and O–H groups in total. The van der Waals surface area contributed by atoms with Gasteiger partial charge < -0.3 is 4.74 Å². The Bertz CT molecular complexity index is 231. The molecule has 14 heavy (non-hydrogen) atoms. The van der Waals surface area contributed by atoms with E-state index in [1.165, 1.54) is 5.56 Å². The van der Waals surface area contributed by atoms with E-state index in [1.54, 1.807) is 7.11 Å². The van der Waals surface area contributed by atoms with Gasteiger partial charge in [-0.2, -0.15) is 5.10 Å². The van der Waals surface area contributed by atoms with Crippen LogP contribution >= 0.6 is 0 Å². The third-order valence-electron chi connectivity index (χ3n) is 1.84. The van der Waals surface area contributed by atoms with E-state index >= 15 is 0 Å². The molecule has 0 saturated heterocycles. The maximum Gasteiger partial charge on any atom is 0.0658 e. The van der Waals surface area contributed by atoms with Crippen LogP contribution in [0.1, 0.15) is 39.2 Å². The zero-order valence-corrected chi connectivity index (χ0v) is 9.95. The molecule has 0 spiro atoms. The van der Waals surface area contributed by atoms with Crippen LogP contribution in [0.4, 0.5) is 0 Å². The fraction of sp³-hybridized carbons (Fsp3) is 0.727. The van der Waals surface area contributed by atoms with Gasteiger partial charge in [0.1, 0.15) is 0 Å². The van der Waals surface area contributed by atoms with Gasteiger partial charge in [0, 0.05) is 13.3 Å². The van der Waals surface area contributed by atoms with Crippen LogP contribution in [-0.4, -0.2) is 23.5 Å². The average Bonchev–Trinajstić information content (AvgIpc) is 2.66. The summed E-state index contributed by atoms with van der Waals surface area (Å²) < 4.78 is 6.87. The molecule has 0 unspecified atom stereocenters. The number of hydrogen-bond donors (Lipinski definition) is 0. The van der Waals surface area contributed by atoms with Gasteiger partial charge in [-0.1, -0.05) is 27.7 Å². The Kier molecular flexibility index (Phi) is 7.11. The van der Waals surface area contributed by atoms with Crippen LogP contribution in [0, 0.1) is 0 Å². The lowest BCUT2D eigenvalue weighted by Crippen LogP contribution is -2.03. The number of methoxy groups -OCH3 is 1. The zero-order valence-electron chi connectivity index (χ0n) is 9.95. The lowest BCUT2D eigenvalue weighted by molar-refractivity contribution is 0.183. The minimum Gasteiger partial charge on any atom is -0.383 e. The number of hydrogen-bond acceptors (Lipinski definition) is 2. The summed E-state index contributed by atoms with van der Waals surface area (Å²) in [5, 5.41) is 4.21. The second-order valence-electron chi connectivity index (χ2n) is 3.18. The molecule has 1 aromatic rings. The minimum atomic E-state index is 0.557. The van der Waals surface area contributed by atoms with Gasteiger partial charge in [-0.25, -0.2) is 0 Å². The van der Waals surface area contributed by atoms with Crippen LogP contribution in [-0.2, 0) is 11.3 Å². The summed E-state index contributed by atoms with van der Waals surface area (Å²) in [5.41, 5.74) is 1.28. The molecule has 82 valence electrons. The van der Waals surface area contributed by atoms with Crippen molar-refractivity contribution in [3.05, 3.63) is 18.0 Å². The summed E-state index contributed by atoms with van der Waals surface area (Å²) in [6.07, 6.45) is 3.99. The first-order chi connectivity index (χ1) is 6.74. The third kappa shape index (κ3) is 4.42. The molecule has 1 aromatic heterocycles. The summed E-state index contributed by atoms with van der Waals surface area (Å²) in [5.74, 6) is 0.557. The van der Waals surface area contributed by atoms with E-state index in [9.17, 15) is 0 Å². The molecular formula is C11H22N2O. The topological polar surface area (TPSA) is 27.1 Å². The van der Waals surface area contributed by atoms with Gasteiger partial charge in [-0.3, -0.25) is 4.68 Å². The summed E-state index contributed by atoms with van der Waals surface area (Å²) in [6, 6.07) is 0. The first-order valence-electron chi connectivity index (χ1n) is 5.25. The number of aromatic nitrogens is 2. The summed E-state index contributed by atoms with van der Waals surface area (Å²) in [4.78, 5) is 0. The van der Waals surface area contributed by atoms with Gasteiger partial charge in [-0.05, 0) is 11.5 Å². The zero-order chi connectivity index (χ0) is 11.0. The molecular weight excluding hydrogens is 176 g/mol. The van der Waals surface area contributed by atoms with Gasteiger partial charge in [0.15, 0.2) is 0 Å².